The minimum absolute atomic E-state index is 0.0727. The standard InChI is InChI=1S/C13H13BrN2O2S/c1-6(17)10-11-8-4-3-7(14)5-9(8)18-13(10,2)16-12(19)15-11/h3-5,10-11H,1-2H3,(H2,15,16,19)/t10-,11+,13-/m0/s1. The Kier molecular flexibility index (Phi) is 2.83. The summed E-state index contributed by atoms with van der Waals surface area (Å²) in [6.07, 6.45) is 0. The molecule has 2 heterocycles. The lowest BCUT2D eigenvalue weighted by molar-refractivity contribution is -0.133. The van der Waals surface area contributed by atoms with E-state index in [-0.39, 0.29) is 17.7 Å². The minimum Gasteiger partial charge on any atom is -0.467 e. The first-order valence-electron chi connectivity index (χ1n) is 5.98. The zero-order valence-electron chi connectivity index (χ0n) is 10.5. The monoisotopic (exact) mass is 340 g/mol. The van der Waals surface area contributed by atoms with Gasteiger partial charge in [-0.25, -0.2) is 0 Å². The summed E-state index contributed by atoms with van der Waals surface area (Å²) in [6.45, 7) is 3.45. The molecule has 0 saturated carbocycles. The van der Waals surface area contributed by atoms with E-state index in [0.29, 0.717) is 5.11 Å². The van der Waals surface area contributed by atoms with Crippen molar-refractivity contribution in [2.24, 2.45) is 5.92 Å². The van der Waals surface area contributed by atoms with Crippen molar-refractivity contribution in [3.8, 4) is 5.75 Å². The second-order valence-corrected chi connectivity index (χ2v) is 6.38. The van der Waals surface area contributed by atoms with Crippen LogP contribution in [0.5, 0.6) is 5.75 Å². The molecule has 3 atom stereocenters. The number of ether oxygens (including phenoxy) is 1. The first-order chi connectivity index (χ1) is 8.90. The van der Waals surface area contributed by atoms with Gasteiger partial charge in [0.15, 0.2) is 10.8 Å². The molecule has 0 spiro atoms. The molecule has 3 rings (SSSR count). The fraction of sp³-hybridized carbons (Fsp3) is 0.385. The molecule has 2 aliphatic heterocycles. The SMILES string of the molecule is CC(=O)[C@H]1[C@@H]2NC(=S)N[C@@]1(C)Oc1cc(Br)ccc12. The molecule has 19 heavy (non-hydrogen) atoms. The van der Waals surface area contributed by atoms with Gasteiger partial charge in [0.2, 0.25) is 0 Å². The van der Waals surface area contributed by atoms with Crippen LogP contribution in [0.1, 0.15) is 25.5 Å². The molecule has 1 fully saturated rings. The molecule has 0 unspecified atom stereocenters. The highest BCUT2D eigenvalue weighted by Gasteiger charge is 2.53. The Bertz CT molecular complexity index is 592. The summed E-state index contributed by atoms with van der Waals surface area (Å²) in [5.41, 5.74) is 0.164. The Morgan fingerprint density at radius 1 is 1.53 bits per heavy atom. The predicted octanol–water partition coefficient (Wildman–Crippen LogP) is 2.28. The second kappa shape index (κ2) is 4.18. The van der Waals surface area contributed by atoms with E-state index < -0.39 is 5.72 Å². The number of carbonyl (C=O) groups excluding carboxylic acids is 1. The van der Waals surface area contributed by atoms with E-state index >= 15 is 0 Å². The molecule has 2 bridgehead atoms. The Morgan fingerprint density at radius 2 is 2.26 bits per heavy atom. The quantitative estimate of drug-likeness (QED) is 0.768. The molecule has 1 aromatic rings. The molecule has 0 aliphatic carbocycles. The Balaban J connectivity index is 2.18. The van der Waals surface area contributed by atoms with Crippen LogP contribution in [0, 0.1) is 5.92 Å². The smallest absolute Gasteiger partial charge is 0.191 e. The van der Waals surface area contributed by atoms with Crippen LogP contribution in [-0.2, 0) is 4.79 Å². The minimum atomic E-state index is -0.799. The molecular weight excluding hydrogens is 328 g/mol. The Labute approximate surface area is 125 Å². The number of rotatable bonds is 1. The third-order valence-corrected chi connectivity index (χ3v) is 4.36. The van der Waals surface area contributed by atoms with Crippen LogP contribution in [0.15, 0.2) is 22.7 Å². The Morgan fingerprint density at radius 3 is 2.95 bits per heavy atom. The maximum absolute atomic E-state index is 12.0. The molecule has 6 heteroatoms. The van der Waals surface area contributed by atoms with Crippen molar-refractivity contribution in [2.75, 3.05) is 0 Å². The number of carbonyl (C=O) groups is 1. The van der Waals surface area contributed by atoms with Crippen LogP contribution >= 0.6 is 28.1 Å². The zero-order chi connectivity index (χ0) is 13.8. The van der Waals surface area contributed by atoms with Gasteiger partial charge in [-0.2, -0.15) is 0 Å². The largest absolute Gasteiger partial charge is 0.467 e. The van der Waals surface area contributed by atoms with Crippen molar-refractivity contribution in [1.29, 1.82) is 0 Å². The first kappa shape index (κ1) is 12.9. The summed E-state index contributed by atoms with van der Waals surface area (Å²) in [5.74, 6) is 0.526. The second-order valence-electron chi connectivity index (χ2n) is 5.06. The lowest BCUT2D eigenvalue weighted by Gasteiger charge is -2.50. The van der Waals surface area contributed by atoms with E-state index in [1.165, 1.54) is 0 Å². The normalized spacial score (nSPS) is 31.6. The van der Waals surface area contributed by atoms with E-state index in [1.54, 1.807) is 6.92 Å². The number of thiocarbonyl (C=S) groups is 1. The number of nitrogens with one attached hydrogen (secondary N) is 2. The number of Topliss-reactive ketones (excluding diaryl/α,β-unsaturated/α-hetero) is 1. The lowest BCUT2D eigenvalue weighted by Crippen LogP contribution is -2.69. The van der Waals surface area contributed by atoms with Crippen LogP contribution in [0.3, 0.4) is 0 Å². The van der Waals surface area contributed by atoms with Gasteiger partial charge in [0.25, 0.3) is 0 Å². The van der Waals surface area contributed by atoms with Gasteiger partial charge in [-0.05, 0) is 38.2 Å². The van der Waals surface area contributed by atoms with Gasteiger partial charge in [-0.15, -0.1) is 0 Å². The van der Waals surface area contributed by atoms with Crippen LogP contribution in [0.25, 0.3) is 0 Å². The zero-order valence-corrected chi connectivity index (χ0v) is 12.9. The maximum Gasteiger partial charge on any atom is 0.191 e. The topological polar surface area (TPSA) is 50.4 Å². The van der Waals surface area contributed by atoms with Crippen molar-refractivity contribution in [3.05, 3.63) is 28.2 Å². The van der Waals surface area contributed by atoms with E-state index in [2.05, 4.69) is 26.6 Å². The van der Waals surface area contributed by atoms with Gasteiger partial charge in [-0.1, -0.05) is 22.0 Å². The van der Waals surface area contributed by atoms with Crippen LogP contribution in [0.2, 0.25) is 0 Å². The summed E-state index contributed by atoms with van der Waals surface area (Å²) in [7, 11) is 0. The predicted molar refractivity (Wildman–Crippen MR) is 79.0 cm³/mol. The molecular formula is C13H13BrN2O2S. The molecule has 0 radical (unpaired) electrons. The number of ketones is 1. The average Bonchev–Trinajstić information content (AvgIpc) is 2.25. The van der Waals surface area contributed by atoms with Crippen molar-refractivity contribution in [1.82, 2.24) is 10.6 Å². The van der Waals surface area contributed by atoms with Crippen LogP contribution in [0.4, 0.5) is 0 Å². The lowest BCUT2D eigenvalue weighted by atomic mass is 9.78. The summed E-state index contributed by atoms with van der Waals surface area (Å²) < 4.78 is 6.97. The number of hydrogen-bond donors (Lipinski definition) is 2. The van der Waals surface area contributed by atoms with E-state index in [9.17, 15) is 4.79 Å². The van der Waals surface area contributed by atoms with Gasteiger partial charge >= 0.3 is 0 Å². The van der Waals surface area contributed by atoms with Crippen LogP contribution < -0.4 is 15.4 Å². The van der Waals surface area contributed by atoms with Crippen molar-refractivity contribution >= 4 is 39.0 Å². The summed E-state index contributed by atoms with van der Waals surface area (Å²) >= 11 is 8.63. The molecule has 0 aromatic heterocycles. The molecule has 4 nitrogen and oxygen atoms in total. The molecule has 1 aromatic carbocycles. The van der Waals surface area contributed by atoms with Crippen molar-refractivity contribution in [3.63, 3.8) is 0 Å². The van der Waals surface area contributed by atoms with E-state index in [1.807, 2.05) is 25.1 Å². The van der Waals surface area contributed by atoms with Crippen molar-refractivity contribution < 1.29 is 9.53 Å². The van der Waals surface area contributed by atoms with Crippen LogP contribution in [-0.4, -0.2) is 16.6 Å². The Hall–Kier alpha value is -1.14. The molecule has 0 amide bonds. The first-order valence-corrected chi connectivity index (χ1v) is 7.18. The van der Waals surface area contributed by atoms with E-state index in [4.69, 9.17) is 17.0 Å². The third-order valence-electron chi connectivity index (χ3n) is 3.65. The van der Waals surface area contributed by atoms with Gasteiger partial charge in [-0.3, -0.25) is 4.79 Å². The summed E-state index contributed by atoms with van der Waals surface area (Å²) in [4.78, 5) is 12.0. The van der Waals surface area contributed by atoms with Gasteiger partial charge in [0, 0.05) is 10.0 Å². The average molecular weight is 341 g/mol. The summed E-state index contributed by atoms with van der Waals surface area (Å²) in [5, 5.41) is 6.77. The number of halogens is 1. The number of fused-ring (bicyclic) bond motifs is 4. The number of benzene rings is 1. The summed E-state index contributed by atoms with van der Waals surface area (Å²) in [6, 6.07) is 5.66. The molecule has 1 saturated heterocycles. The highest BCUT2D eigenvalue weighted by Crippen LogP contribution is 2.45. The van der Waals surface area contributed by atoms with E-state index in [0.717, 1.165) is 15.8 Å². The van der Waals surface area contributed by atoms with Gasteiger partial charge in [0.05, 0.1) is 6.04 Å². The maximum atomic E-state index is 12.0. The van der Waals surface area contributed by atoms with Gasteiger partial charge in [0.1, 0.15) is 17.5 Å². The van der Waals surface area contributed by atoms with Gasteiger partial charge < -0.3 is 15.4 Å². The molecule has 2 N–H and O–H groups in total. The molecule has 2 aliphatic rings. The fourth-order valence-electron chi connectivity index (χ4n) is 2.93. The van der Waals surface area contributed by atoms with Crippen molar-refractivity contribution in [2.45, 2.75) is 25.6 Å². The molecule has 100 valence electrons. The highest BCUT2D eigenvalue weighted by atomic mass is 79.9. The highest BCUT2D eigenvalue weighted by molar-refractivity contribution is 9.10. The fourth-order valence-corrected chi connectivity index (χ4v) is 3.60. The third kappa shape index (κ3) is 1.94. The number of hydrogen-bond acceptors (Lipinski definition) is 3.